The molecule has 1 aliphatic heterocycles. The van der Waals surface area contributed by atoms with Crippen LogP contribution >= 0.6 is 12.4 Å². The van der Waals surface area contributed by atoms with Crippen LogP contribution in [0.4, 0.5) is 5.88 Å². The number of hydrogen-bond donors (Lipinski definition) is 3. The fraction of sp³-hybridized carbons (Fsp3) is 0.643. The van der Waals surface area contributed by atoms with E-state index in [1.54, 1.807) is 13.0 Å². The van der Waals surface area contributed by atoms with Crippen molar-refractivity contribution in [3.05, 3.63) is 11.8 Å². The van der Waals surface area contributed by atoms with Crippen molar-refractivity contribution in [2.45, 2.75) is 19.8 Å². The maximum atomic E-state index is 12.0. The van der Waals surface area contributed by atoms with Crippen LogP contribution in [0.5, 0.6) is 0 Å². The highest BCUT2D eigenvalue weighted by Gasteiger charge is 2.26. The van der Waals surface area contributed by atoms with Crippen molar-refractivity contribution in [1.29, 1.82) is 0 Å². The zero-order chi connectivity index (χ0) is 15.9. The van der Waals surface area contributed by atoms with Gasteiger partial charge in [-0.05, 0) is 26.3 Å². The predicted octanol–water partition coefficient (Wildman–Crippen LogP) is 0.130. The molecule has 130 valence electrons. The summed E-state index contributed by atoms with van der Waals surface area (Å²) in [6, 6.07) is 1.66. The van der Waals surface area contributed by atoms with E-state index < -0.39 is 0 Å². The standard InChI is InChI=1S/C14H23N5O3.ClH/c1-10-7-13(22-18-10)17-12(20)9-19-6-2-3-11(8-19)14(21)16-5-4-15;/h7,11H,2-6,8-9,15H2,1H3,(H,16,21)(H,17,20);1H. The van der Waals surface area contributed by atoms with E-state index in [1.165, 1.54) is 0 Å². The highest BCUT2D eigenvalue weighted by atomic mass is 35.5. The minimum atomic E-state index is -0.167. The number of halogens is 1. The number of nitrogens with two attached hydrogens (primary N) is 1. The van der Waals surface area contributed by atoms with E-state index in [-0.39, 0.29) is 36.7 Å². The number of nitrogens with zero attached hydrogens (tertiary/aromatic N) is 2. The number of piperidine rings is 1. The first kappa shape index (κ1) is 19.4. The molecule has 0 bridgehead atoms. The lowest BCUT2D eigenvalue weighted by molar-refractivity contribution is -0.127. The second-order valence-corrected chi connectivity index (χ2v) is 5.53. The van der Waals surface area contributed by atoms with Crippen LogP contribution < -0.4 is 16.4 Å². The zero-order valence-electron chi connectivity index (χ0n) is 13.2. The maximum absolute atomic E-state index is 12.0. The van der Waals surface area contributed by atoms with Gasteiger partial charge in [-0.3, -0.25) is 19.8 Å². The number of aryl methyl sites for hydroxylation is 1. The van der Waals surface area contributed by atoms with Gasteiger partial charge in [0.15, 0.2) is 0 Å². The van der Waals surface area contributed by atoms with Crippen molar-refractivity contribution in [3.8, 4) is 0 Å². The van der Waals surface area contributed by atoms with Crippen LogP contribution in [0.1, 0.15) is 18.5 Å². The molecule has 0 spiro atoms. The third kappa shape index (κ3) is 6.17. The van der Waals surface area contributed by atoms with Crippen LogP contribution in [0.15, 0.2) is 10.6 Å². The third-order valence-electron chi connectivity index (χ3n) is 3.58. The topological polar surface area (TPSA) is 113 Å². The molecule has 0 aliphatic carbocycles. The van der Waals surface area contributed by atoms with Crippen molar-refractivity contribution in [2.75, 3.05) is 38.0 Å². The van der Waals surface area contributed by atoms with Crippen molar-refractivity contribution < 1.29 is 14.1 Å². The van der Waals surface area contributed by atoms with E-state index >= 15 is 0 Å². The fourth-order valence-corrected chi connectivity index (χ4v) is 2.56. The van der Waals surface area contributed by atoms with Gasteiger partial charge in [-0.2, -0.15) is 0 Å². The Kier molecular flexibility index (Phi) is 8.01. The molecule has 4 N–H and O–H groups in total. The van der Waals surface area contributed by atoms with Gasteiger partial charge in [-0.15, -0.1) is 12.4 Å². The number of carbonyl (C=O) groups excluding carboxylic acids is 2. The van der Waals surface area contributed by atoms with E-state index in [1.807, 2.05) is 4.90 Å². The van der Waals surface area contributed by atoms with Crippen LogP contribution in [0.2, 0.25) is 0 Å². The molecule has 1 fully saturated rings. The summed E-state index contributed by atoms with van der Waals surface area (Å²) in [6.07, 6.45) is 1.74. The Labute approximate surface area is 141 Å². The third-order valence-corrected chi connectivity index (χ3v) is 3.58. The molecule has 1 atom stereocenters. The van der Waals surface area contributed by atoms with E-state index in [0.29, 0.717) is 31.2 Å². The number of amides is 2. The van der Waals surface area contributed by atoms with Gasteiger partial charge in [0.05, 0.1) is 18.2 Å². The van der Waals surface area contributed by atoms with Gasteiger partial charge in [0.1, 0.15) is 0 Å². The van der Waals surface area contributed by atoms with Gasteiger partial charge < -0.3 is 15.6 Å². The SMILES string of the molecule is Cc1cc(NC(=O)CN2CCCC(C(=O)NCCN)C2)on1.Cl. The number of anilines is 1. The molecule has 1 aromatic rings. The molecule has 0 aromatic carbocycles. The van der Waals surface area contributed by atoms with E-state index in [9.17, 15) is 9.59 Å². The van der Waals surface area contributed by atoms with Gasteiger partial charge in [-0.1, -0.05) is 5.16 Å². The Morgan fingerprint density at radius 3 is 2.96 bits per heavy atom. The lowest BCUT2D eigenvalue weighted by Gasteiger charge is -2.31. The highest BCUT2D eigenvalue weighted by Crippen LogP contribution is 2.16. The van der Waals surface area contributed by atoms with Gasteiger partial charge in [0.2, 0.25) is 17.7 Å². The lowest BCUT2D eigenvalue weighted by atomic mass is 9.97. The number of likely N-dealkylation sites (tertiary alicyclic amines) is 1. The summed E-state index contributed by atoms with van der Waals surface area (Å²) in [6.45, 7) is 4.33. The molecule has 1 saturated heterocycles. The summed E-state index contributed by atoms with van der Waals surface area (Å²) in [4.78, 5) is 25.9. The van der Waals surface area contributed by atoms with Gasteiger partial charge in [0, 0.05) is 25.7 Å². The number of nitrogens with one attached hydrogen (secondary N) is 2. The van der Waals surface area contributed by atoms with Crippen LogP contribution in [0.25, 0.3) is 0 Å². The molecule has 2 rings (SSSR count). The molecular weight excluding hydrogens is 322 g/mol. The van der Waals surface area contributed by atoms with E-state index in [2.05, 4.69) is 15.8 Å². The molecule has 2 heterocycles. The molecule has 1 aliphatic rings. The van der Waals surface area contributed by atoms with Crippen molar-refractivity contribution in [3.63, 3.8) is 0 Å². The molecule has 2 amide bonds. The Hall–Kier alpha value is -1.64. The van der Waals surface area contributed by atoms with Crippen molar-refractivity contribution >= 4 is 30.1 Å². The normalized spacial score (nSPS) is 18.1. The summed E-state index contributed by atoms with van der Waals surface area (Å²) in [7, 11) is 0. The average Bonchev–Trinajstić information content (AvgIpc) is 2.90. The second kappa shape index (κ2) is 9.49. The quantitative estimate of drug-likeness (QED) is 0.675. The van der Waals surface area contributed by atoms with Gasteiger partial charge in [0.25, 0.3) is 0 Å². The minimum absolute atomic E-state index is 0. The fourth-order valence-electron chi connectivity index (χ4n) is 2.56. The lowest BCUT2D eigenvalue weighted by Crippen LogP contribution is -2.46. The molecule has 0 saturated carbocycles. The first-order chi connectivity index (χ1) is 10.6. The Bertz CT molecular complexity index is 522. The Morgan fingerprint density at radius 2 is 2.30 bits per heavy atom. The van der Waals surface area contributed by atoms with Crippen LogP contribution in [0.3, 0.4) is 0 Å². The molecule has 1 unspecified atom stereocenters. The van der Waals surface area contributed by atoms with Gasteiger partial charge >= 0.3 is 0 Å². The summed E-state index contributed by atoms with van der Waals surface area (Å²) in [5.74, 6) is 0.109. The Balaban J connectivity index is 0.00000264. The van der Waals surface area contributed by atoms with Crippen LogP contribution in [-0.4, -0.2) is 54.6 Å². The number of carbonyl (C=O) groups is 2. The number of aromatic nitrogens is 1. The molecule has 9 heteroatoms. The molecule has 1 aromatic heterocycles. The molecule has 8 nitrogen and oxygen atoms in total. The largest absolute Gasteiger partial charge is 0.355 e. The summed E-state index contributed by atoms with van der Waals surface area (Å²) in [5.41, 5.74) is 6.10. The molecule has 23 heavy (non-hydrogen) atoms. The van der Waals surface area contributed by atoms with Crippen LogP contribution in [-0.2, 0) is 9.59 Å². The van der Waals surface area contributed by atoms with E-state index in [4.69, 9.17) is 10.3 Å². The summed E-state index contributed by atoms with van der Waals surface area (Å²) >= 11 is 0. The average molecular weight is 346 g/mol. The Morgan fingerprint density at radius 1 is 1.52 bits per heavy atom. The minimum Gasteiger partial charge on any atom is -0.355 e. The smallest absolute Gasteiger partial charge is 0.240 e. The maximum Gasteiger partial charge on any atom is 0.240 e. The van der Waals surface area contributed by atoms with Gasteiger partial charge in [-0.25, -0.2) is 0 Å². The molecular formula is C14H24ClN5O3. The first-order valence-corrected chi connectivity index (χ1v) is 7.52. The highest BCUT2D eigenvalue weighted by molar-refractivity contribution is 5.91. The van der Waals surface area contributed by atoms with E-state index in [0.717, 1.165) is 19.4 Å². The monoisotopic (exact) mass is 345 g/mol. The molecule has 0 radical (unpaired) electrons. The van der Waals surface area contributed by atoms with Crippen LogP contribution in [0, 0.1) is 12.8 Å². The predicted molar refractivity (Wildman–Crippen MR) is 88.3 cm³/mol. The first-order valence-electron chi connectivity index (χ1n) is 7.52. The summed E-state index contributed by atoms with van der Waals surface area (Å²) < 4.78 is 4.95. The van der Waals surface area contributed by atoms with Crippen molar-refractivity contribution in [2.24, 2.45) is 11.7 Å². The zero-order valence-corrected chi connectivity index (χ0v) is 14.0. The second-order valence-electron chi connectivity index (χ2n) is 5.53. The summed E-state index contributed by atoms with van der Waals surface area (Å²) in [5, 5.41) is 9.18. The number of rotatable bonds is 6. The van der Waals surface area contributed by atoms with Crippen molar-refractivity contribution in [1.82, 2.24) is 15.4 Å². The number of hydrogen-bond acceptors (Lipinski definition) is 6.